The minimum Gasteiger partial charge on any atom is -0.308 e. The largest absolute Gasteiger partial charge is 0.308 e. The van der Waals surface area contributed by atoms with E-state index in [9.17, 15) is 0 Å². The summed E-state index contributed by atoms with van der Waals surface area (Å²) in [4.78, 5) is 2.39. The molecule has 1 nitrogen and oxygen atoms in total. The van der Waals surface area contributed by atoms with Crippen molar-refractivity contribution in [3.8, 4) is 0 Å². The maximum absolute atomic E-state index is 2.40. The molecule has 0 N–H and O–H groups in total. The maximum Gasteiger partial charge on any atom is 0.0265 e. The van der Waals surface area contributed by atoms with Gasteiger partial charge in [0.05, 0.1) is 0 Å². The highest BCUT2D eigenvalue weighted by molar-refractivity contribution is 8.03. The van der Waals surface area contributed by atoms with Gasteiger partial charge in [-0.3, -0.25) is 0 Å². The molecule has 1 unspecified atom stereocenters. The molecular weight excluding hydrogens is 571 g/mol. The second-order valence-corrected chi connectivity index (χ2v) is 15.6. The fourth-order valence-electron chi connectivity index (χ4n) is 5.31. The Bertz CT molecular complexity index is 651. The second-order valence-electron chi connectivity index (χ2n) is 13.0. The molecule has 0 aliphatic carbocycles. The molecule has 0 aromatic carbocycles. The van der Waals surface area contributed by atoms with Crippen molar-refractivity contribution < 1.29 is 0 Å². The zero-order valence-electron chi connectivity index (χ0n) is 30.3. The van der Waals surface area contributed by atoms with Gasteiger partial charge in [-0.25, -0.2) is 0 Å². The van der Waals surface area contributed by atoms with Crippen LogP contribution in [-0.2, 0) is 0 Å². The molecule has 0 heterocycles. The van der Waals surface area contributed by atoms with Crippen LogP contribution in [0.15, 0.2) is 48.6 Å². The van der Waals surface area contributed by atoms with E-state index in [0.29, 0.717) is 0 Å². The molecule has 0 saturated carbocycles. The Morgan fingerprint density at radius 3 is 1.27 bits per heavy atom. The summed E-state index contributed by atoms with van der Waals surface area (Å²) in [5, 5.41) is 0.789. The number of thioether (sulfide) groups is 2. The molecule has 0 rings (SSSR count). The lowest BCUT2D eigenvalue weighted by Crippen LogP contribution is -2.26. The van der Waals surface area contributed by atoms with Crippen LogP contribution in [0.2, 0.25) is 0 Å². The molecule has 0 aromatic rings. The Kier molecular flexibility index (Phi) is 38.5. The molecule has 0 spiro atoms. The van der Waals surface area contributed by atoms with E-state index in [1.54, 1.807) is 0 Å². The molecular formula is C41H77NS2. The molecule has 0 amide bonds. The van der Waals surface area contributed by atoms with E-state index in [2.05, 4.69) is 105 Å². The van der Waals surface area contributed by atoms with Gasteiger partial charge in [0, 0.05) is 17.5 Å². The van der Waals surface area contributed by atoms with Gasteiger partial charge in [-0.1, -0.05) is 140 Å². The summed E-state index contributed by atoms with van der Waals surface area (Å²) in [6.45, 7) is 5.77. The molecule has 0 bridgehead atoms. The van der Waals surface area contributed by atoms with E-state index < -0.39 is 0 Å². The maximum atomic E-state index is 2.40. The van der Waals surface area contributed by atoms with E-state index in [1.165, 1.54) is 165 Å². The van der Waals surface area contributed by atoms with Crippen molar-refractivity contribution >= 4 is 23.5 Å². The number of unbranched alkanes of at least 4 members (excludes halogenated alkanes) is 18. The molecule has 0 radical (unpaired) electrons. The van der Waals surface area contributed by atoms with Crippen LogP contribution in [0.25, 0.3) is 0 Å². The van der Waals surface area contributed by atoms with E-state index in [4.69, 9.17) is 0 Å². The molecule has 3 heteroatoms. The highest BCUT2D eigenvalue weighted by Crippen LogP contribution is 2.21. The molecule has 0 aliphatic heterocycles. The van der Waals surface area contributed by atoms with Crippen molar-refractivity contribution in [1.82, 2.24) is 4.90 Å². The Hall–Kier alpha value is -0.380. The predicted octanol–water partition coefficient (Wildman–Crippen LogP) is 14.0. The van der Waals surface area contributed by atoms with Crippen LogP contribution in [0.4, 0.5) is 0 Å². The van der Waals surface area contributed by atoms with E-state index >= 15 is 0 Å². The minimum atomic E-state index is 0.789. The standard InChI is InChI=1S/C41H77NS2/c1-5-7-9-11-13-15-17-19-21-23-25-27-29-31-33-35-37-43-40-41(39-42(3)4)44-38-36-34-32-30-28-26-24-22-20-18-16-14-12-10-8-6-2/h13-16,19-22,41H,5-12,17-18,23-40H2,1-4H3. The summed E-state index contributed by atoms with van der Waals surface area (Å²) in [5.74, 6) is 4.02. The van der Waals surface area contributed by atoms with Crippen LogP contribution in [0.5, 0.6) is 0 Å². The van der Waals surface area contributed by atoms with E-state index in [1.807, 2.05) is 0 Å². The lowest BCUT2D eigenvalue weighted by molar-refractivity contribution is 0.415. The monoisotopic (exact) mass is 648 g/mol. The summed E-state index contributed by atoms with van der Waals surface area (Å²) >= 11 is 4.45. The molecule has 0 aliphatic rings. The van der Waals surface area contributed by atoms with Gasteiger partial charge in [0.1, 0.15) is 0 Å². The van der Waals surface area contributed by atoms with Gasteiger partial charge in [-0.2, -0.15) is 23.5 Å². The molecule has 258 valence electrons. The number of nitrogens with zero attached hydrogens (tertiary/aromatic N) is 1. The van der Waals surface area contributed by atoms with Gasteiger partial charge >= 0.3 is 0 Å². The van der Waals surface area contributed by atoms with Crippen LogP contribution in [0.3, 0.4) is 0 Å². The highest BCUT2D eigenvalue weighted by Gasteiger charge is 2.10. The first-order valence-electron chi connectivity index (χ1n) is 19.1. The molecule has 0 saturated heterocycles. The molecule has 0 fully saturated rings. The van der Waals surface area contributed by atoms with Gasteiger partial charge in [-0.05, 0) is 103 Å². The van der Waals surface area contributed by atoms with Crippen LogP contribution in [0.1, 0.15) is 168 Å². The zero-order chi connectivity index (χ0) is 32.0. The van der Waals surface area contributed by atoms with Crippen molar-refractivity contribution in [3.63, 3.8) is 0 Å². The third-order valence-electron chi connectivity index (χ3n) is 8.06. The van der Waals surface area contributed by atoms with Gasteiger partial charge in [0.2, 0.25) is 0 Å². The van der Waals surface area contributed by atoms with Crippen LogP contribution in [0, 0.1) is 0 Å². The highest BCUT2D eigenvalue weighted by atomic mass is 32.2. The predicted molar refractivity (Wildman–Crippen MR) is 211 cm³/mol. The number of allylic oxidation sites excluding steroid dienone is 8. The normalized spacial score (nSPS) is 13.2. The summed E-state index contributed by atoms with van der Waals surface area (Å²) in [6.07, 6.45) is 51.1. The molecule has 44 heavy (non-hydrogen) atoms. The first-order valence-corrected chi connectivity index (χ1v) is 21.3. The van der Waals surface area contributed by atoms with Crippen molar-refractivity contribution in [1.29, 1.82) is 0 Å². The lowest BCUT2D eigenvalue weighted by atomic mass is 10.1. The quantitative estimate of drug-likeness (QED) is 0.0498. The van der Waals surface area contributed by atoms with E-state index in [0.717, 1.165) is 18.1 Å². The summed E-state index contributed by atoms with van der Waals surface area (Å²) in [7, 11) is 4.47. The van der Waals surface area contributed by atoms with Gasteiger partial charge in [-0.15, -0.1) is 0 Å². The number of hydrogen-bond donors (Lipinski definition) is 0. The van der Waals surface area contributed by atoms with Crippen molar-refractivity contribution in [2.75, 3.05) is 37.9 Å². The third-order valence-corrected chi connectivity index (χ3v) is 10.8. The first-order chi connectivity index (χ1) is 21.7. The third kappa shape index (κ3) is 37.8. The van der Waals surface area contributed by atoms with Gasteiger partial charge < -0.3 is 4.90 Å². The lowest BCUT2D eigenvalue weighted by Gasteiger charge is -2.20. The Morgan fingerprint density at radius 1 is 0.455 bits per heavy atom. The van der Waals surface area contributed by atoms with Crippen molar-refractivity contribution in [2.45, 2.75) is 173 Å². The smallest absolute Gasteiger partial charge is 0.0265 e. The van der Waals surface area contributed by atoms with Gasteiger partial charge in [0.15, 0.2) is 0 Å². The fraction of sp³-hybridized carbons (Fsp3) is 0.805. The van der Waals surface area contributed by atoms with Crippen molar-refractivity contribution in [3.05, 3.63) is 48.6 Å². The summed E-state index contributed by atoms with van der Waals surface area (Å²) in [6, 6.07) is 0. The summed E-state index contributed by atoms with van der Waals surface area (Å²) in [5.41, 5.74) is 0. The van der Waals surface area contributed by atoms with E-state index in [-0.39, 0.29) is 0 Å². The fourth-order valence-corrected chi connectivity index (χ4v) is 8.03. The van der Waals surface area contributed by atoms with Gasteiger partial charge in [0.25, 0.3) is 0 Å². The average Bonchev–Trinajstić information content (AvgIpc) is 3.01. The Labute approximate surface area is 287 Å². The average molecular weight is 648 g/mol. The van der Waals surface area contributed by atoms with Crippen LogP contribution in [-0.4, -0.2) is 48.0 Å². The Balaban J connectivity index is 3.58. The SMILES string of the molecule is CCCCCC=CCC=CCCCCCCCCSCC(CN(C)C)SCCCCCCCCC=CCC=CCCCCC. The van der Waals surface area contributed by atoms with Crippen molar-refractivity contribution in [2.24, 2.45) is 0 Å². The molecule has 0 aromatic heterocycles. The van der Waals surface area contributed by atoms with Crippen LogP contribution < -0.4 is 0 Å². The second kappa shape index (κ2) is 38.8. The molecule has 1 atom stereocenters. The number of hydrogen-bond acceptors (Lipinski definition) is 3. The summed E-state index contributed by atoms with van der Waals surface area (Å²) < 4.78 is 0. The number of rotatable bonds is 35. The zero-order valence-corrected chi connectivity index (χ0v) is 31.9. The topological polar surface area (TPSA) is 3.24 Å². The Morgan fingerprint density at radius 2 is 0.841 bits per heavy atom. The van der Waals surface area contributed by atoms with Crippen LogP contribution >= 0.6 is 23.5 Å². The first kappa shape index (κ1) is 43.6. The minimum absolute atomic E-state index is 0.789.